The van der Waals surface area contributed by atoms with Crippen LogP contribution in [-0.4, -0.2) is 21.4 Å². The van der Waals surface area contributed by atoms with Crippen LogP contribution < -0.4 is 5.32 Å². The third kappa shape index (κ3) is 3.84. The summed E-state index contributed by atoms with van der Waals surface area (Å²) in [5.74, 6) is 1.16. The van der Waals surface area contributed by atoms with E-state index < -0.39 is 0 Å². The van der Waals surface area contributed by atoms with Crippen LogP contribution in [0.25, 0.3) is 0 Å². The summed E-state index contributed by atoms with van der Waals surface area (Å²) in [5.41, 5.74) is 0. The number of carbonyl (C=O) groups excluding carboxylic acids is 1. The van der Waals surface area contributed by atoms with Crippen molar-refractivity contribution in [3.8, 4) is 0 Å². The molecule has 1 aliphatic rings. The molecule has 0 unspecified atom stereocenters. The molecule has 1 saturated carbocycles. The lowest BCUT2D eigenvalue weighted by molar-refractivity contribution is -0.113. The van der Waals surface area contributed by atoms with Gasteiger partial charge in [0.15, 0.2) is 0 Å². The first kappa shape index (κ1) is 15.4. The van der Waals surface area contributed by atoms with Crippen molar-refractivity contribution in [1.29, 1.82) is 0 Å². The normalized spacial score (nSPS) is 15.1. The van der Waals surface area contributed by atoms with Gasteiger partial charge in [-0.15, -0.1) is 11.8 Å². The third-order valence-electron chi connectivity index (χ3n) is 3.79. The van der Waals surface area contributed by atoms with Crippen LogP contribution in [0.5, 0.6) is 0 Å². The van der Waals surface area contributed by atoms with E-state index in [-0.39, 0.29) is 5.91 Å². The van der Waals surface area contributed by atoms with Crippen LogP contribution >= 0.6 is 23.4 Å². The van der Waals surface area contributed by atoms with Gasteiger partial charge in [0.2, 0.25) is 5.91 Å². The number of carbonyl (C=O) groups is 1. The van der Waals surface area contributed by atoms with Gasteiger partial charge < -0.3 is 5.32 Å². The second kappa shape index (κ2) is 7.20. The lowest BCUT2D eigenvalue weighted by Crippen LogP contribution is -2.19. The number of hydrogen-bond donors (Lipinski definition) is 1. The van der Waals surface area contributed by atoms with Gasteiger partial charge in [-0.3, -0.25) is 4.79 Å². The topological polar surface area (TPSA) is 46.9 Å². The quantitative estimate of drug-likeness (QED) is 0.825. The molecule has 1 fully saturated rings. The summed E-state index contributed by atoms with van der Waals surface area (Å²) in [7, 11) is 0. The van der Waals surface area contributed by atoms with Gasteiger partial charge in [-0.2, -0.15) is 5.10 Å². The molecule has 0 radical (unpaired) electrons. The van der Waals surface area contributed by atoms with E-state index >= 15 is 0 Å². The molecule has 1 heterocycles. The van der Waals surface area contributed by atoms with E-state index in [1.54, 1.807) is 6.20 Å². The van der Waals surface area contributed by atoms with Gasteiger partial charge in [0.05, 0.1) is 18.0 Å². The van der Waals surface area contributed by atoms with Crippen LogP contribution in [0.15, 0.2) is 41.4 Å². The average Bonchev–Trinajstić information content (AvgIpc) is 3.17. The zero-order valence-corrected chi connectivity index (χ0v) is 13.7. The molecule has 3 rings (SSSR count). The first-order valence-corrected chi connectivity index (χ1v) is 8.80. The molecule has 1 aromatic heterocycles. The number of nitrogens with zero attached hydrogens (tertiary/aromatic N) is 2. The highest BCUT2D eigenvalue weighted by Gasteiger charge is 2.20. The number of anilines is 1. The van der Waals surface area contributed by atoms with E-state index in [0.717, 1.165) is 23.6 Å². The molecule has 1 N–H and O–H groups in total. The molecule has 4 nitrogen and oxygen atoms in total. The van der Waals surface area contributed by atoms with Crippen molar-refractivity contribution in [3.63, 3.8) is 0 Å². The number of halogens is 1. The van der Waals surface area contributed by atoms with Crippen LogP contribution in [0.4, 0.5) is 5.82 Å². The smallest absolute Gasteiger partial charge is 0.235 e. The molecule has 1 aliphatic carbocycles. The Kier molecular flexibility index (Phi) is 5.05. The Morgan fingerprint density at radius 1 is 1.27 bits per heavy atom. The Morgan fingerprint density at radius 3 is 2.73 bits per heavy atom. The predicted octanol–water partition coefficient (Wildman–Crippen LogP) is 4.38. The molecule has 0 aliphatic heterocycles. The average molecular weight is 336 g/mol. The number of benzene rings is 1. The standard InChI is InChI=1S/C16H18ClN3OS/c17-12-5-7-14(8-6-12)22-11-16(21)19-15-9-10-18-20(15)13-3-1-2-4-13/h5-10,13H,1-4,11H2,(H,19,21). The minimum absolute atomic E-state index is 0.0142. The minimum Gasteiger partial charge on any atom is -0.310 e. The monoisotopic (exact) mass is 335 g/mol. The van der Waals surface area contributed by atoms with Crippen LogP contribution in [-0.2, 0) is 4.79 Å². The summed E-state index contributed by atoms with van der Waals surface area (Å²) in [6.07, 6.45) is 6.52. The summed E-state index contributed by atoms with van der Waals surface area (Å²) >= 11 is 7.35. The molecule has 0 spiro atoms. The highest BCUT2D eigenvalue weighted by atomic mass is 35.5. The predicted molar refractivity (Wildman–Crippen MR) is 90.5 cm³/mol. The van der Waals surface area contributed by atoms with Gasteiger partial charge in [-0.25, -0.2) is 4.68 Å². The van der Waals surface area contributed by atoms with E-state index in [4.69, 9.17) is 11.6 Å². The molecule has 0 bridgehead atoms. The molecule has 0 saturated heterocycles. The van der Waals surface area contributed by atoms with Crippen LogP contribution in [0.2, 0.25) is 5.02 Å². The molecule has 0 atom stereocenters. The molecular weight excluding hydrogens is 318 g/mol. The Balaban J connectivity index is 1.55. The van der Waals surface area contributed by atoms with E-state index in [0.29, 0.717) is 16.8 Å². The van der Waals surface area contributed by atoms with Gasteiger partial charge in [-0.1, -0.05) is 24.4 Å². The second-order valence-corrected chi connectivity index (χ2v) is 6.88. The lowest BCUT2D eigenvalue weighted by atomic mass is 10.2. The van der Waals surface area contributed by atoms with Gasteiger partial charge in [0.25, 0.3) is 0 Å². The van der Waals surface area contributed by atoms with Crippen molar-refractivity contribution in [1.82, 2.24) is 9.78 Å². The first-order valence-electron chi connectivity index (χ1n) is 7.44. The number of aromatic nitrogens is 2. The fourth-order valence-electron chi connectivity index (χ4n) is 2.71. The zero-order valence-electron chi connectivity index (χ0n) is 12.2. The molecule has 1 amide bonds. The maximum absolute atomic E-state index is 12.1. The van der Waals surface area contributed by atoms with Gasteiger partial charge in [-0.05, 0) is 37.1 Å². The van der Waals surface area contributed by atoms with E-state index in [2.05, 4.69) is 10.4 Å². The van der Waals surface area contributed by atoms with Crippen molar-refractivity contribution in [2.45, 2.75) is 36.6 Å². The van der Waals surface area contributed by atoms with Crippen LogP contribution in [0, 0.1) is 0 Å². The largest absolute Gasteiger partial charge is 0.310 e. The SMILES string of the molecule is O=C(CSc1ccc(Cl)cc1)Nc1ccnn1C1CCCC1. The Hall–Kier alpha value is -1.46. The van der Waals surface area contributed by atoms with Gasteiger partial charge in [0, 0.05) is 16.0 Å². The number of hydrogen-bond acceptors (Lipinski definition) is 3. The highest BCUT2D eigenvalue weighted by molar-refractivity contribution is 8.00. The lowest BCUT2D eigenvalue weighted by Gasteiger charge is -2.14. The Bertz CT molecular complexity index is 635. The summed E-state index contributed by atoms with van der Waals surface area (Å²) < 4.78 is 1.96. The summed E-state index contributed by atoms with van der Waals surface area (Å²) in [6, 6.07) is 9.79. The molecular formula is C16H18ClN3OS. The van der Waals surface area contributed by atoms with E-state index in [9.17, 15) is 4.79 Å². The third-order valence-corrected chi connectivity index (χ3v) is 5.06. The van der Waals surface area contributed by atoms with Crippen LogP contribution in [0.1, 0.15) is 31.7 Å². The van der Waals surface area contributed by atoms with Crippen molar-refractivity contribution in [2.24, 2.45) is 0 Å². The zero-order chi connectivity index (χ0) is 15.4. The molecule has 116 valence electrons. The summed E-state index contributed by atoms with van der Waals surface area (Å²) in [5, 5.41) is 8.03. The van der Waals surface area contributed by atoms with Crippen molar-refractivity contribution >= 4 is 35.1 Å². The Morgan fingerprint density at radius 2 is 2.00 bits per heavy atom. The fraction of sp³-hybridized carbons (Fsp3) is 0.375. The van der Waals surface area contributed by atoms with Crippen molar-refractivity contribution < 1.29 is 4.79 Å². The summed E-state index contributed by atoms with van der Waals surface area (Å²) in [4.78, 5) is 13.2. The number of thioether (sulfide) groups is 1. The number of nitrogens with one attached hydrogen (secondary N) is 1. The molecule has 1 aromatic carbocycles. The second-order valence-electron chi connectivity index (χ2n) is 5.39. The fourth-order valence-corrected chi connectivity index (χ4v) is 3.54. The van der Waals surface area contributed by atoms with Crippen LogP contribution in [0.3, 0.4) is 0 Å². The maximum Gasteiger partial charge on any atom is 0.235 e. The first-order chi connectivity index (χ1) is 10.7. The molecule has 2 aromatic rings. The van der Waals surface area contributed by atoms with Gasteiger partial charge >= 0.3 is 0 Å². The van der Waals surface area contributed by atoms with E-state index in [1.807, 2.05) is 35.0 Å². The van der Waals surface area contributed by atoms with Gasteiger partial charge in [0.1, 0.15) is 5.82 Å². The van der Waals surface area contributed by atoms with E-state index in [1.165, 1.54) is 24.6 Å². The molecule has 6 heteroatoms. The maximum atomic E-state index is 12.1. The van der Waals surface area contributed by atoms with Crippen molar-refractivity contribution in [3.05, 3.63) is 41.6 Å². The molecule has 22 heavy (non-hydrogen) atoms. The Labute approximate surface area is 139 Å². The minimum atomic E-state index is -0.0142. The number of rotatable bonds is 5. The van der Waals surface area contributed by atoms with Crippen molar-refractivity contribution in [2.75, 3.05) is 11.1 Å². The number of amides is 1. The summed E-state index contributed by atoms with van der Waals surface area (Å²) in [6.45, 7) is 0. The highest BCUT2D eigenvalue weighted by Crippen LogP contribution is 2.31.